The van der Waals surface area contributed by atoms with Crippen LogP contribution in [0.2, 0.25) is 0 Å². The zero-order valence-electron chi connectivity index (χ0n) is 26.3. The summed E-state index contributed by atoms with van der Waals surface area (Å²) >= 11 is 0. The van der Waals surface area contributed by atoms with Gasteiger partial charge in [-0.05, 0) is 74.9 Å². The highest BCUT2D eigenvalue weighted by atomic mass is 16.3. The highest BCUT2D eigenvalue weighted by Gasteiger charge is 2.10. The molecule has 2 aromatic carbocycles. The largest absolute Gasteiger partial charge is 0.394 e. The van der Waals surface area contributed by atoms with Crippen molar-refractivity contribution >= 4 is 35.8 Å². The first-order valence-corrected chi connectivity index (χ1v) is 14.8. The van der Waals surface area contributed by atoms with Crippen LogP contribution in [-0.4, -0.2) is 78.1 Å². The van der Waals surface area contributed by atoms with Crippen LogP contribution in [0.3, 0.4) is 0 Å². The van der Waals surface area contributed by atoms with Crippen molar-refractivity contribution in [2.45, 2.75) is 64.5 Å². The third-order valence-corrected chi connectivity index (χ3v) is 6.28. The molecule has 10 nitrogen and oxygen atoms in total. The fourth-order valence-electron chi connectivity index (χ4n) is 3.70. The molecule has 0 aromatic heterocycles. The van der Waals surface area contributed by atoms with Gasteiger partial charge in [-0.3, -0.25) is 19.2 Å². The molecule has 0 heterocycles. The predicted molar refractivity (Wildman–Crippen MR) is 175 cm³/mol. The Hall–Kier alpha value is -4.28. The fourth-order valence-corrected chi connectivity index (χ4v) is 3.70. The van der Waals surface area contributed by atoms with Gasteiger partial charge in [-0.15, -0.1) is 0 Å². The Kier molecular flexibility index (Phi) is 18.4. The van der Waals surface area contributed by atoms with Crippen molar-refractivity contribution in [3.8, 4) is 0 Å². The predicted octanol–water partition coefficient (Wildman–Crippen LogP) is 3.53. The number of unbranched alkanes of at least 4 members (excludes halogenated alkanes) is 2. The Balaban J connectivity index is 0.000000442. The van der Waals surface area contributed by atoms with E-state index in [2.05, 4.69) is 10.6 Å². The smallest absolute Gasteiger partial charge is 0.251 e. The number of allylic oxidation sites excluding steroid dienone is 2. The molecule has 0 aliphatic rings. The summed E-state index contributed by atoms with van der Waals surface area (Å²) in [6.45, 7) is 3.30. The maximum atomic E-state index is 12.0. The topological polar surface area (TPSA) is 162 Å². The number of benzene rings is 2. The van der Waals surface area contributed by atoms with Gasteiger partial charge in [0.05, 0.1) is 13.2 Å². The van der Waals surface area contributed by atoms with Crippen LogP contribution in [0.15, 0.2) is 60.7 Å². The molecule has 10 heteroatoms. The number of aliphatic hydroxyl groups is 2. The second kappa shape index (κ2) is 21.4. The average Bonchev–Trinajstić information content (AvgIpc) is 3.00. The van der Waals surface area contributed by atoms with E-state index in [9.17, 15) is 19.2 Å². The molecule has 6 N–H and O–H groups in total. The summed E-state index contributed by atoms with van der Waals surface area (Å²) in [5.41, 5.74) is 8.03. The van der Waals surface area contributed by atoms with Gasteiger partial charge in [0.15, 0.2) is 0 Å². The van der Waals surface area contributed by atoms with Gasteiger partial charge in [0.25, 0.3) is 11.8 Å². The normalized spacial score (nSPS) is 12.2. The molecular formula is C34H48N4O6. The van der Waals surface area contributed by atoms with Crippen molar-refractivity contribution in [1.29, 1.82) is 0 Å². The van der Waals surface area contributed by atoms with Crippen LogP contribution in [0.25, 0.3) is 12.2 Å². The third kappa shape index (κ3) is 16.4. The standard InChI is InChI=1S/C18H26N2O3.C16H22N2O3/c1-14(13-21)19-18(23)16-10-7-9-15(12-16)8-5-4-6-11-17(22)20(2)3;1-12(11-19)18-16(21)14-8-5-7-13(10-14)6-3-2-4-9-15(17)20/h5,7-10,12,14,21H,4,6,11,13H2,1-3H3,(H,19,23);3,5-8,10,12,19H,2,4,9,11H2,1H3,(H2,17,20)(H,18,21)/b8-5-;6-3-. The minimum atomic E-state index is -0.292. The molecule has 0 aliphatic heterocycles. The van der Waals surface area contributed by atoms with E-state index in [1.165, 1.54) is 0 Å². The first-order valence-electron chi connectivity index (χ1n) is 14.8. The van der Waals surface area contributed by atoms with Crippen molar-refractivity contribution in [3.05, 3.63) is 82.9 Å². The summed E-state index contributed by atoms with van der Waals surface area (Å²) in [7, 11) is 3.51. The van der Waals surface area contributed by atoms with E-state index in [0.717, 1.165) is 36.8 Å². The van der Waals surface area contributed by atoms with Crippen LogP contribution in [0.5, 0.6) is 0 Å². The second-order valence-electron chi connectivity index (χ2n) is 10.7. The zero-order chi connectivity index (χ0) is 32.9. The van der Waals surface area contributed by atoms with E-state index in [0.29, 0.717) is 24.0 Å². The van der Waals surface area contributed by atoms with E-state index in [1.54, 1.807) is 57.1 Å². The molecule has 2 unspecified atom stereocenters. The highest BCUT2D eigenvalue weighted by molar-refractivity contribution is 5.95. The van der Waals surface area contributed by atoms with Crippen LogP contribution >= 0.6 is 0 Å². The Labute approximate surface area is 261 Å². The first-order chi connectivity index (χ1) is 21.0. The molecular weight excluding hydrogens is 560 g/mol. The highest BCUT2D eigenvalue weighted by Crippen LogP contribution is 2.10. The summed E-state index contributed by atoms with van der Waals surface area (Å²) in [5.74, 6) is -0.561. The van der Waals surface area contributed by atoms with E-state index >= 15 is 0 Å². The van der Waals surface area contributed by atoms with Gasteiger partial charge < -0.3 is 31.5 Å². The van der Waals surface area contributed by atoms with Crippen LogP contribution < -0.4 is 16.4 Å². The van der Waals surface area contributed by atoms with Gasteiger partial charge in [0.2, 0.25) is 11.8 Å². The number of aliphatic hydroxyl groups excluding tert-OH is 2. The maximum absolute atomic E-state index is 12.0. The minimum absolute atomic E-state index is 0.0863. The van der Waals surface area contributed by atoms with Gasteiger partial charge >= 0.3 is 0 Å². The molecule has 2 rings (SSSR count). The number of nitrogens with two attached hydrogens (primary N) is 1. The molecule has 0 fully saturated rings. The Morgan fingerprint density at radius 2 is 1.20 bits per heavy atom. The lowest BCUT2D eigenvalue weighted by atomic mass is 10.1. The third-order valence-electron chi connectivity index (χ3n) is 6.28. The lowest BCUT2D eigenvalue weighted by Gasteiger charge is -2.10. The number of hydrogen-bond acceptors (Lipinski definition) is 6. The van der Waals surface area contributed by atoms with Crippen LogP contribution in [-0.2, 0) is 9.59 Å². The lowest BCUT2D eigenvalue weighted by Crippen LogP contribution is -2.34. The molecule has 44 heavy (non-hydrogen) atoms. The number of amides is 4. The van der Waals surface area contributed by atoms with Gasteiger partial charge in [0, 0.05) is 50.1 Å². The number of carbonyl (C=O) groups excluding carboxylic acids is 4. The van der Waals surface area contributed by atoms with E-state index in [1.807, 2.05) is 48.6 Å². The Bertz CT molecular complexity index is 1260. The number of carbonyl (C=O) groups is 4. The summed E-state index contributed by atoms with van der Waals surface area (Å²) in [5, 5.41) is 23.3. The molecule has 240 valence electrons. The fraction of sp³-hybridized carbons (Fsp3) is 0.412. The number of nitrogens with one attached hydrogen (secondary N) is 2. The Morgan fingerprint density at radius 1 is 0.773 bits per heavy atom. The average molecular weight is 609 g/mol. The maximum Gasteiger partial charge on any atom is 0.251 e. The molecule has 0 saturated heterocycles. The second-order valence-corrected chi connectivity index (χ2v) is 10.7. The van der Waals surface area contributed by atoms with Crippen molar-refractivity contribution < 1.29 is 29.4 Å². The quantitative estimate of drug-likeness (QED) is 0.183. The number of hydrogen-bond donors (Lipinski definition) is 5. The molecule has 2 aromatic rings. The summed E-state index contributed by atoms with van der Waals surface area (Å²) in [6, 6.07) is 14.0. The van der Waals surface area contributed by atoms with Crippen molar-refractivity contribution in [2.75, 3.05) is 27.3 Å². The SMILES string of the molecule is CC(CO)NC(=O)c1cccc(/C=C\CCCC(=O)N(C)C)c1.CC(CO)NC(=O)c1cccc(/C=C\CCCC(N)=O)c1. The van der Waals surface area contributed by atoms with E-state index in [-0.39, 0.29) is 48.9 Å². The Morgan fingerprint density at radius 3 is 1.59 bits per heavy atom. The molecule has 0 bridgehead atoms. The van der Waals surface area contributed by atoms with Crippen LogP contribution in [0, 0.1) is 0 Å². The van der Waals surface area contributed by atoms with Gasteiger partial charge in [0.1, 0.15) is 0 Å². The molecule has 0 saturated carbocycles. The van der Waals surface area contributed by atoms with Gasteiger partial charge in [-0.1, -0.05) is 48.6 Å². The molecule has 0 radical (unpaired) electrons. The molecule has 4 amide bonds. The van der Waals surface area contributed by atoms with Crippen molar-refractivity contribution in [3.63, 3.8) is 0 Å². The molecule has 0 spiro atoms. The zero-order valence-corrected chi connectivity index (χ0v) is 26.3. The number of rotatable bonds is 16. The van der Waals surface area contributed by atoms with E-state index in [4.69, 9.17) is 15.9 Å². The monoisotopic (exact) mass is 608 g/mol. The molecule has 2 atom stereocenters. The number of primary amides is 1. The molecule has 0 aliphatic carbocycles. The first kappa shape index (κ1) is 37.7. The summed E-state index contributed by atoms with van der Waals surface area (Å²) in [4.78, 5) is 47.6. The lowest BCUT2D eigenvalue weighted by molar-refractivity contribution is -0.128. The number of nitrogens with zero attached hydrogens (tertiary/aromatic N) is 1. The van der Waals surface area contributed by atoms with Crippen LogP contribution in [0.1, 0.15) is 84.2 Å². The van der Waals surface area contributed by atoms with Crippen molar-refractivity contribution in [1.82, 2.24) is 15.5 Å². The van der Waals surface area contributed by atoms with E-state index < -0.39 is 0 Å². The summed E-state index contributed by atoms with van der Waals surface area (Å²) < 4.78 is 0. The van der Waals surface area contributed by atoms with Gasteiger partial charge in [-0.25, -0.2) is 0 Å². The van der Waals surface area contributed by atoms with Crippen molar-refractivity contribution in [2.24, 2.45) is 5.73 Å². The minimum Gasteiger partial charge on any atom is -0.394 e. The van der Waals surface area contributed by atoms with Gasteiger partial charge in [-0.2, -0.15) is 0 Å². The summed E-state index contributed by atoms with van der Waals surface area (Å²) in [6.07, 6.45) is 11.9. The van der Waals surface area contributed by atoms with Crippen LogP contribution in [0.4, 0.5) is 0 Å².